The summed E-state index contributed by atoms with van der Waals surface area (Å²) in [4.78, 5) is 13.0. The van der Waals surface area contributed by atoms with Gasteiger partial charge in [-0.25, -0.2) is 4.79 Å². The van der Waals surface area contributed by atoms with E-state index in [4.69, 9.17) is 9.84 Å². The first kappa shape index (κ1) is 11.0. The van der Waals surface area contributed by atoms with Crippen molar-refractivity contribution in [1.29, 1.82) is 0 Å². The molecule has 1 aliphatic rings. The average Bonchev–Trinajstić information content (AvgIpc) is 2.60. The van der Waals surface area contributed by atoms with Gasteiger partial charge in [-0.05, 0) is 12.5 Å². The molecule has 4 heteroatoms. The lowest BCUT2D eigenvalue weighted by Crippen LogP contribution is -2.25. The summed E-state index contributed by atoms with van der Waals surface area (Å²) in [5.74, 6) is 0. The normalized spacial score (nSPS) is 20.0. The molecule has 1 aromatic rings. The van der Waals surface area contributed by atoms with Crippen LogP contribution in [0.2, 0.25) is 0 Å². The number of cyclic esters (lactones) is 1. The Hall–Kier alpha value is -1.55. The summed E-state index contributed by atoms with van der Waals surface area (Å²) in [5.41, 5.74) is 2.25. The molecule has 1 heterocycles. The molecule has 2 rings (SSSR count). The van der Waals surface area contributed by atoms with Gasteiger partial charge in [-0.15, -0.1) is 0 Å². The fraction of sp³-hybridized carbons (Fsp3) is 0.417. The largest absolute Gasteiger partial charge is 0.442 e. The molecule has 0 spiro atoms. The molecule has 0 bridgehead atoms. The van der Waals surface area contributed by atoms with Gasteiger partial charge in [0.15, 0.2) is 0 Å². The van der Waals surface area contributed by atoms with E-state index in [0.29, 0.717) is 13.1 Å². The Labute approximate surface area is 94.4 Å². The van der Waals surface area contributed by atoms with Crippen LogP contribution in [0.5, 0.6) is 0 Å². The molecule has 4 nitrogen and oxygen atoms in total. The molecule has 1 amide bonds. The van der Waals surface area contributed by atoms with E-state index in [1.54, 1.807) is 4.90 Å². The second-order valence-electron chi connectivity index (χ2n) is 4.06. The first-order chi connectivity index (χ1) is 7.69. The zero-order valence-electron chi connectivity index (χ0n) is 9.22. The number of aliphatic hydroxyl groups is 1. The van der Waals surface area contributed by atoms with Crippen molar-refractivity contribution in [3.63, 3.8) is 0 Å². The van der Waals surface area contributed by atoms with E-state index < -0.39 is 0 Å². The fourth-order valence-corrected chi connectivity index (χ4v) is 1.83. The van der Waals surface area contributed by atoms with Crippen LogP contribution in [0, 0.1) is 6.92 Å². The minimum atomic E-state index is -0.377. The number of hydrogen-bond acceptors (Lipinski definition) is 3. The van der Waals surface area contributed by atoms with E-state index in [9.17, 15) is 4.79 Å². The third-order valence-electron chi connectivity index (χ3n) is 2.61. The number of amides is 1. The van der Waals surface area contributed by atoms with Crippen LogP contribution < -0.4 is 0 Å². The smallest absolute Gasteiger partial charge is 0.410 e. The number of hydrogen-bond donors (Lipinski definition) is 1. The van der Waals surface area contributed by atoms with Crippen LogP contribution in [0.25, 0.3) is 0 Å². The van der Waals surface area contributed by atoms with Gasteiger partial charge in [-0.2, -0.15) is 0 Å². The van der Waals surface area contributed by atoms with Crippen LogP contribution in [0.15, 0.2) is 24.3 Å². The number of nitrogens with zero attached hydrogens (tertiary/aromatic N) is 1. The van der Waals surface area contributed by atoms with Crippen molar-refractivity contribution < 1.29 is 14.6 Å². The molecule has 0 unspecified atom stereocenters. The molecule has 1 fully saturated rings. The number of aryl methyl sites for hydroxylation is 1. The molecule has 86 valence electrons. The van der Waals surface area contributed by atoms with Crippen molar-refractivity contribution in [1.82, 2.24) is 4.90 Å². The summed E-state index contributed by atoms with van der Waals surface area (Å²) in [6.45, 7) is 2.90. The molecule has 0 radical (unpaired) electrons. The standard InChI is InChI=1S/C12H15NO3/c1-9-3-2-4-10(5-9)6-13-7-11(8-14)16-12(13)15/h2-5,11,14H,6-8H2,1H3/t11-/m1/s1. The van der Waals surface area contributed by atoms with Crippen molar-refractivity contribution in [2.24, 2.45) is 0 Å². The fourth-order valence-electron chi connectivity index (χ4n) is 1.83. The minimum absolute atomic E-state index is 0.115. The lowest BCUT2D eigenvalue weighted by atomic mass is 10.1. The van der Waals surface area contributed by atoms with E-state index in [-0.39, 0.29) is 18.8 Å². The van der Waals surface area contributed by atoms with Gasteiger partial charge in [0.1, 0.15) is 6.10 Å². The zero-order chi connectivity index (χ0) is 11.5. The Bertz CT molecular complexity index is 392. The number of rotatable bonds is 3. The molecular weight excluding hydrogens is 206 g/mol. The van der Waals surface area contributed by atoms with E-state index in [2.05, 4.69) is 0 Å². The van der Waals surface area contributed by atoms with Gasteiger partial charge in [0.05, 0.1) is 13.2 Å². The summed E-state index contributed by atoms with van der Waals surface area (Å²) >= 11 is 0. The summed E-state index contributed by atoms with van der Waals surface area (Å²) in [6.07, 6.45) is -0.724. The average molecular weight is 221 g/mol. The van der Waals surface area contributed by atoms with Gasteiger partial charge in [-0.1, -0.05) is 29.8 Å². The zero-order valence-corrected chi connectivity index (χ0v) is 9.22. The van der Waals surface area contributed by atoms with Crippen LogP contribution in [-0.2, 0) is 11.3 Å². The van der Waals surface area contributed by atoms with Crippen LogP contribution in [0.3, 0.4) is 0 Å². The second kappa shape index (κ2) is 4.53. The highest BCUT2D eigenvalue weighted by molar-refractivity contribution is 5.69. The van der Waals surface area contributed by atoms with Crippen molar-refractivity contribution in [3.05, 3.63) is 35.4 Å². The first-order valence-corrected chi connectivity index (χ1v) is 5.31. The predicted molar refractivity (Wildman–Crippen MR) is 58.9 cm³/mol. The summed E-state index contributed by atoms with van der Waals surface area (Å²) in [7, 11) is 0. The van der Waals surface area contributed by atoms with Gasteiger partial charge in [-0.3, -0.25) is 0 Å². The molecule has 0 saturated carbocycles. The maximum atomic E-state index is 11.4. The Morgan fingerprint density at radius 2 is 2.38 bits per heavy atom. The molecule has 1 N–H and O–H groups in total. The Morgan fingerprint density at radius 1 is 1.56 bits per heavy atom. The van der Waals surface area contributed by atoms with Crippen molar-refractivity contribution >= 4 is 6.09 Å². The van der Waals surface area contributed by atoms with Crippen molar-refractivity contribution in [3.8, 4) is 0 Å². The van der Waals surface area contributed by atoms with E-state index in [0.717, 1.165) is 5.56 Å². The van der Waals surface area contributed by atoms with Crippen molar-refractivity contribution in [2.45, 2.75) is 19.6 Å². The van der Waals surface area contributed by atoms with Gasteiger partial charge < -0.3 is 14.7 Å². The highest BCUT2D eigenvalue weighted by atomic mass is 16.6. The lowest BCUT2D eigenvalue weighted by Gasteiger charge is -2.12. The molecule has 1 aromatic carbocycles. The van der Waals surface area contributed by atoms with Crippen LogP contribution in [-0.4, -0.2) is 35.4 Å². The molecule has 16 heavy (non-hydrogen) atoms. The molecule has 1 saturated heterocycles. The Kier molecular flexibility index (Phi) is 3.10. The van der Waals surface area contributed by atoms with Gasteiger partial charge in [0, 0.05) is 6.54 Å². The number of carbonyl (C=O) groups excluding carboxylic acids is 1. The van der Waals surface area contributed by atoms with Crippen molar-refractivity contribution in [2.75, 3.05) is 13.2 Å². The summed E-state index contributed by atoms with van der Waals surface area (Å²) in [6, 6.07) is 8.00. The third-order valence-corrected chi connectivity index (χ3v) is 2.61. The van der Waals surface area contributed by atoms with Gasteiger partial charge in [0.25, 0.3) is 0 Å². The molecule has 1 aliphatic heterocycles. The van der Waals surface area contributed by atoms with Crippen LogP contribution in [0.1, 0.15) is 11.1 Å². The third kappa shape index (κ3) is 2.33. The lowest BCUT2D eigenvalue weighted by molar-refractivity contribution is 0.0947. The topological polar surface area (TPSA) is 49.8 Å². The number of aliphatic hydroxyl groups excluding tert-OH is 1. The number of benzene rings is 1. The highest BCUT2D eigenvalue weighted by Crippen LogP contribution is 2.15. The predicted octanol–water partition coefficient (Wildman–Crippen LogP) is 1.31. The Balaban J connectivity index is 2.03. The molecular formula is C12H15NO3. The van der Waals surface area contributed by atoms with E-state index >= 15 is 0 Å². The quantitative estimate of drug-likeness (QED) is 0.837. The molecule has 0 aliphatic carbocycles. The van der Waals surface area contributed by atoms with E-state index in [1.165, 1.54) is 5.56 Å². The van der Waals surface area contributed by atoms with Gasteiger partial charge >= 0.3 is 6.09 Å². The Morgan fingerprint density at radius 3 is 3.00 bits per heavy atom. The van der Waals surface area contributed by atoms with Gasteiger partial charge in [0.2, 0.25) is 0 Å². The van der Waals surface area contributed by atoms with Crippen LogP contribution >= 0.6 is 0 Å². The number of carbonyl (C=O) groups is 1. The highest BCUT2D eigenvalue weighted by Gasteiger charge is 2.30. The minimum Gasteiger partial charge on any atom is -0.442 e. The molecule has 0 aromatic heterocycles. The maximum Gasteiger partial charge on any atom is 0.410 e. The summed E-state index contributed by atoms with van der Waals surface area (Å²) < 4.78 is 4.96. The maximum absolute atomic E-state index is 11.4. The number of ether oxygens (including phenoxy) is 1. The first-order valence-electron chi connectivity index (χ1n) is 5.31. The second-order valence-corrected chi connectivity index (χ2v) is 4.06. The SMILES string of the molecule is Cc1cccc(CN2C[C@H](CO)OC2=O)c1. The van der Waals surface area contributed by atoms with E-state index in [1.807, 2.05) is 31.2 Å². The van der Waals surface area contributed by atoms with Crippen LogP contribution in [0.4, 0.5) is 4.79 Å². The monoisotopic (exact) mass is 221 g/mol. The molecule has 1 atom stereocenters. The summed E-state index contributed by atoms with van der Waals surface area (Å²) in [5, 5.41) is 8.91.